The maximum atomic E-state index is 8.71. The van der Waals surface area contributed by atoms with Crippen molar-refractivity contribution in [3.63, 3.8) is 0 Å². The van der Waals surface area contributed by atoms with Crippen LogP contribution in [0, 0.1) is 0 Å². The van der Waals surface area contributed by atoms with Gasteiger partial charge in [0.1, 0.15) is 0 Å². The van der Waals surface area contributed by atoms with E-state index in [1.54, 1.807) is 0 Å². The van der Waals surface area contributed by atoms with Crippen LogP contribution in [0.4, 0.5) is 0 Å². The summed E-state index contributed by atoms with van der Waals surface area (Å²) in [6, 6.07) is 0. The first-order valence-corrected chi connectivity index (χ1v) is 12.0. The van der Waals surface area contributed by atoms with Crippen molar-refractivity contribution in [3.05, 3.63) is 12.2 Å². The maximum absolute atomic E-state index is 8.71. The molecule has 0 unspecified atom stereocenters. The molecule has 3 heteroatoms. The second kappa shape index (κ2) is 23.7. The van der Waals surface area contributed by atoms with Gasteiger partial charge in [0, 0.05) is 6.54 Å². The standard InChI is InChI=1S/C24H49NO2/c1-2-3-4-5-6-7-8-9-10-11-12-13-14-15-16-17-18-19-20-21-22-25-23-24(26)27/h9-10,24-27H,2-8,11-23H2,1H3/b10-9-. The summed E-state index contributed by atoms with van der Waals surface area (Å²) in [6.45, 7) is 3.46. The lowest BCUT2D eigenvalue weighted by molar-refractivity contribution is -0.0370. The van der Waals surface area contributed by atoms with Crippen molar-refractivity contribution in [3.8, 4) is 0 Å². The molecule has 0 aromatic heterocycles. The molecule has 0 heterocycles. The van der Waals surface area contributed by atoms with Gasteiger partial charge in [0.25, 0.3) is 0 Å². The number of allylic oxidation sites excluding steroid dienone is 2. The minimum absolute atomic E-state index is 0.287. The number of nitrogens with one attached hydrogen (secondary N) is 1. The summed E-state index contributed by atoms with van der Waals surface area (Å²) >= 11 is 0. The van der Waals surface area contributed by atoms with Crippen LogP contribution >= 0.6 is 0 Å². The van der Waals surface area contributed by atoms with Gasteiger partial charge in [-0.3, -0.25) is 0 Å². The van der Waals surface area contributed by atoms with Gasteiger partial charge in [-0.05, 0) is 38.6 Å². The van der Waals surface area contributed by atoms with Gasteiger partial charge in [0.05, 0.1) is 0 Å². The largest absolute Gasteiger partial charge is 0.367 e. The monoisotopic (exact) mass is 383 g/mol. The SMILES string of the molecule is CCCCCCCC/C=C\CCCCCCCCCCCCNCC(O)O. The van der Waals surface area contributed by atoms with Crippen LogP contribution in [0.25, 0.3) is 0 Å². The molecule has 0 atom stereocenters. The molecule has 162 valence electrons. The number of hydrogen-bond acceptors (Lipinski definition) is 3. The first kappa shape index (κ1) is 26.6. The second-order valence-corrected chi connectivity index (χ2v) is 8.04. The van der Waals surface area contributed by atoms with E-state index in [9.17, 15) is 0 Å². The molecule has 0 saturated carbocycles. The highest BCUT2D eigenvalue weighted by Gasteiger charge is 1.96. The minimum Gasteiger partial charge on any atom is -0.367 e. The van der Waals surface area contributed by atoms with Crippen molar-refractivity contribution in [2.24, 2.45) is 0 Å². The molecule has 0 aliphatic heterocycles. The van der Waals surface area contributed by atoms with E-state index in [0.717, 1.165) is 13.0 Å². The normalized spacial score (nSPS) is 11.9. The molecule has 3 nitrogen and oxygen atoms in total. The van der Waals surface area contributed by atoms with Crippen LogP contribution in [0.5, 0.6) is 0 Å². The van der Waals surface area contributed by atoms with Crippen LogP contribution in [-0.2, 0) is 0 Å². The Morgan fingerprint density at radius 3 is 1.44 bits per heavy atom. The molecule has 0 aromatic rings. The molecule has 0 amide bonds. The van der Waals surface area contributed by atoms with Gasteiger partial charge in [-0.15, -0.1) is 0 Å². The third kappa shape index (κ3) is 25.6. The van der Waals surface area contributed by atoms with Gasteiger partial charge >= 0.3 is 0 Å². The van der Waals surface area contributed by atoms with E-state index in [-0.39, 0.29) is 6.54 Å². The smallest absolute Gasteiger partial charge is 0.164 e. The lowest BCUT2D eigenvalue weighted by Crippen LogP contribution is -2.26. The van der Waals surface area contributed by atoms with Crippen LogP contribution in [0.1, 0.15) is 122 Å². The fraction of sp³-hybridized carbons (Fsp3) is 0.917. The predicted octanol–water partition coefficient (Wildman–Crippen LogP) is 6.48. The topological polar surface area (TPSA) is 52.5 Å². The second-order valence-electron chi connectivity index (χ2n) is 8.04. The molecule has 3 N–H and O–H groups in total. The fourth-order valence-corrected chi connectivity index (χ4v) is 3.44. The van der Waals surface area contributed by atoms with E-state index in [0.29, 0.717) is 0 Å². The van der Waals surface area contributed by atoms with Crippen molar-refractivity contribution in [1.29, 1.82) is 0 Å². The highest BCUT2D eigenvalue weighted by atomic mass is 16.5. The first-order chi connectivity index (χ1) is 13.3. The highest BCUT2D eigenvalue weighted by molar-refractivity contribution is 4.81. The molecule has 0 aliphatic rings. The van der Waals surface area contributed by atoms with Crippen molar-refractivity contribution in [1.82, 2.24) is 5.32 Å². The van der Waals surface area contributed by atoms with Crippen molar-refractivity contribution in [2.75, 3.05) is 13.1 Å². The van der Waals surface area contributed by atoms with Crippen LogP contribution < -0.4 is 5.32 Å². The number of unbranched alkanes of at least 4 members (excludes halogenated alkanes) is 16. The molecule has 0 rings (SSSR count). The Balaban J connectivity index is 3.05. The predicted molar refractivity (Wildman–Crippen MR) is 119 cm³/mol. The maximum Gasteiger partial charge on any atom is 0.164 e. The summed E-state index contributed by atoms with van der Waals surface area (Å²) in [5, 5.41) is 20.5. The minimum atomic E-state index is -1.22. The van der Waals surface area contributed by atoms with E-state index < -0.39 is 6.29 Å². The molecular weight excluding hydrogens is 334 g/mol. The molecule has 0 radical (unpaired) electrons. The summed E-state index contributed by atoms with van der Waals surface area (Å²) < 4.78 is 0. The Hall–Kier alpha value is -0.380. The number of aliphatic hydroxyl groups excluding tert-OH is 1. The van der Waals surface area contributed by atoms with Gasteiger partial charge in [-0.25, -0.2) is 0 Å². The van der Waals surface area contributed by atoms with Gasteiger partial charge < -0.3 is 15.5 Å². The summed E-state index contributed by atoms with van der Waals surface area (Å²) in [6.07, 6.45) is 27.9. The quantitative estimate of drug-likeness (QED) is 0.114. The molecule has 0 spiro atoms. The Morgan fingerprint density at radius 1 is 0.593 bits per heavy atom. The van der Waals surface area contributed by atoms with Crippen LogP contribution in [-0.4, -0.2) is 29.6 Å². The van der Waals surface area contributed by atoms with E-state index in [1.807, 2.05) is 0 Å². The Kier molecular flexibility index (Phi) is 23.3. The first-order valence-electron chi connectivity index (χ1n) is 12.0. The Morgan fingerprint density at radius 2 is 1.00 bits per heavy atom. The van der Waals surface area contributed by atoms with Gasteiger partial charge in [-0.2, -0.15) is 0 Å². The number of rotatable bonds is 22. The average molecular weight is 384 g/mol. The summed E-state index contributed by atoms with van der Waals surface area (Å²) in [4.78, 5) is 0. The van der Waals surface area contributed by atoms with Crippen LogP contribution in [0.15, 0.2) is 12.2 Å². The average Bonchev–Trinajstić information content (AvgIpc) is 2.65. The summed E-state index contributed by atoms with van der Waals surface area (Å²) in [7, 11) is 0. The van der Waals surface area contributed by atoms with Crippen molar-refractivity contribution < 1.29 is 10.2 Å². The molecule has 0 saturated heterocycles. The van der Waals surface area contributed by atoms with Crippen LogP contribution in [0.3, 0.4) is 0 Å². The van der Waals surface area contributed by atoms with Crippen LogP contribution in [0.2, 0.25) is 0 Å². The molecule has 0 aromatic carbocycles. The van der Waals surface area contributed by atoms with Gasteiger partial charge in [0.15, 0.2) is 6.29 Å². The zero-order valence-electron chi connectivity index (χ0n) is 18.3. The third-order valence-electron chi connectivity index (χ3n) is 5.19. The molecule has 27 heavy (non-hydrogen) atoms. The Bertz CT molecular complexity index is 292. The third-order valence-corrected chi connectivity index (χ3v) is 5.19. The lowest BCUT2D eigenvalue weighted by atomic mass is 10.1. The van der Waals surface area contributed by atoms with E-state index in [1.165, 1.54) is 109 Å². The Labute approximate surface area is 170 Å². The summed E-state index contributed by atoms with van der Waals surface area (Å²) in [5.74, 6) is 0. The molecule has 0 bridgehead atoms. The van der Waals surface area contributed by atoms with Crippen molar-refractivity contribution >= 4 is 0 Å². The molecule has 0 fully saturated rings. The zero-order valence-corrected chi connectivity index (χ0v) is 18.3. The van der Waals surface area contributed by atoms with Gasteiger partial charge in [-0.1, -0.05) is 103 Å². The van der Waals surface area contributed by atoms with E-state index >= 15 is 0 Å². The number of aliphatic hydroxyl groups is 2. The molecular formula is C24H49NO2. The fourth-order valence-electron chi connectivity index (χ4n) is 3.44. The number of hydrogen-bond donors (Lipinski definition) is 3. The highest BCUT2D eigenvalue weighted by Crippen LogP contribution is 2.12. The van der Waals surface area contributed by atoms with E-state index in [4.69, 9.17) is 10.2 Å². The zero-order chi connectivity index (χ0) is 19.8. The lowest BCUT2D eigenvalue weighted by Gasteiger charge is -2.06. The molecule has 0 aliphatic carbocycles. The van der Waals surface area contributed by atoms with E-state index in [2.05, 4.69) is 24.4 Å². The van der Waals surface area contributed by atoms with Gasteiger partial charge in [0.2, 0.25) is 0 Å². The summed E-state index contributed by atoms with van der Waals surface area (Å²) in [5.41, 5.74) is 0. The van der Waals surface area contributed by atoms with Crippen molar-refractivity contribution in [2.45, 2.75) is 129 Å².